The number of rotatable bonds is 4. The Kier molecular flexibility index (Phi) is 3.31. The summed E-state index contributed by atoms with van der Waals surface area (Å²) in [7, 11) is 1.77. The van der Waals surface area contributed by atoms with Gasteiger partial charge in [0.2, 0.25) is 0 Å². The van der Waals surface area contributed by atoms with Crippen LogP contribution in [0.25, 0.3) is 0 Å². The summed E-state index contributed by atoms with van der Waals surface area (Å²) in [5.41, 5.74) is 3.77. The summed E-state index contributed by atoms with van der Waals surface area (Å²) >= 11 is 0. The van der Waals surface area contributed by atoms with Crippen molar-refractivity contribution in [2.24, 2.45) is 5.92 Å². The Morgan fingerprint density at radius 3 is 2.89 bits per heavy atom. The Hall–Kier alpha value is -1.00. The van der Waals surface area contributed by atoms with E-state index in [1.807, 2.05) is 0 Å². The van der Waals surface area contributed by atoms with E-state index in [1.54, 1.807) is 7.11 Å². The molecule has 0 radical (unpaired) electrons. The summed E-state index contributed by atoms with van der Waals surface area (Å²) in [6.45, 7) is 4.09. The van der Waals surface area contributed by atoms with Gasteiger partial charge in [-0.15, -0.1) is 0 Å². The SMILES string of the molecule is CCc1nc(C(OC)C2CC2)nc2c1CCNC2. The Labute approximate surface area is 108 Å². The highest BCUT2D eigenvalue weighted by Gasteiger charge is 2.35. The number of aryl methyl sites for hydroxylation is 1. The number of fused-ring (bicyclic) bond motifs is 1. The normalized spacial score (nSPS) is 20.6. The lowest BCUT2D eigenvalue weighted by Crippen LogP contribution is -2.27. The molecule has 1 saturated carbocycles. The first-order valence-electron chi connectivity index (χ1n) is 6.95. The molecular weight excluding hydrogens is 226 g/mol. The van der Waals surface area contributed by atoms with Gasteiger partial charge in [-0.1, -0.05) is 6.92 Å². The first-order valence-corrected chi connectivity index (χ1v) is 6.95. The van der Waals surface area contributed by atoms with E-state index >= 15 is 0 Å². The summed E-state index contributed by atoms with van der Waals surface area (Å²) in [5, 5.41) is 3.39. The third-order valence-corrected chi connectivity index (χ3v) is 3.93. The van der Waals surface area contributed by atoms with E-state index in [2.05, 4.69) is 12.2 Å². The molecule has 1 aliphatic carbocycles. The third kappa shape index (κ3) is 2.15. The topological polar surface area (TPSA) is 47.0 Å². The minimum atomic E-state index is 0.0996. The molecule has 0 aromatic carbocycles. The highest BCUT2D eigenvalue weighted by atomic mass is 16.5. The third-order valence-electron chi connectivity index (χ3n) is 3.93. The van der Waals surface area contributed by atoms with Crippen molar-refractivity contribution in [1.82, 2.24) is 15.3 Å². The summed E-state index contributed by atoms with van der Waals surface area (Å²) < 4.78 is 5.61. The van der Waals surface area contributed by atoms with Gasteiger partial charge in [0.1, 0.15) is 6.10 Å². The van der Waals surface area contributed by atoms with Crippen molar-refractivity contribution in [3.63, 3.8) is 0 Å². The van der Waals surface area contributed by atoms with Crippen molar-refractivity contribution in [3.8, 4) is 0 Å². The second-order valence-electron chi connectivity index (χ2n) is 5.23. The second-order valence-corrected chi connectivity index (χ2v) is 5.23. The van der Waals surface area contributed by atoms with E-state index in [0.29, 0.717) is 5.92 Å². The van der Waals surface area contributed by atoms with E-state index in [0.717, 1.165) is 31.8 Å². The van der Waals surface area contributed by atoms with Gasteiger partial charge in [0, 0.05) is 19.3 Å². The van der Waals surface area contributed by atoms with Gasteiger partial charge in [-0.05, 0) is 43.7 Å². The van der Waals surface area contributed by atoms with Crippen LogP contribution >= 0.6 is 0 Å². The lowest BCUT2D eigenvalue weighted by molar-refractivity contribution is 0.0767. The zero-order valence-corrected chi connectivity index (χ0v) is 11.2. The lowest BCUT2D eigenvalue weighted by Gasteiger charge is -2.22. The zero-order valence-electron chi connectivity index (χ0n) is 11.2. The lowest BCUT2D eigenvalue weighted by atomic mass is 10.0. The van der Waals surface area contributed by atoms with E-state index in [4.69, 9.17) is 14.7 Å². The molecule has 4 nitrogen and oxygen atoms in total. The summed E-state index contributed by atoms with van der Waals surface area (Å²) in [4.78, 5) is 9.53. The quantitative estimate of drug-likeness (QED) is 0.881. The molecule has 1 atom stereocenters. The molecule has 0 spiro atoms. The van der Waals surface area contributed by atoms with Crippen LogP contribution in [0.15, 0.2) is 0 Å². The number of hydrogen-bond acceptors (Lipinski definition) is 4. The molecule has 0 amide bonds. The minimum absolute atomic E-state index is 0.0996. The maximum Gasteiger partial charge on any atom is 0.157 e. The van der Waals surface area contributed by atoms with E-state index in [1.165, 1.54) is 29.8 Å². The molecule has 0 bridgehead atoms. The van der Waals surface area contributed by atoms with Gasteiger partial charge in [-0.2, -0.15) is 0 Å². The first kappa shape index (κ1) is 12.1. The van der Waals surface area contributed by atoms with Crippen molar-refractivity contribution in [1.29, 1.82) is 0 Å². The maximum absolute atomic E-state index is 5.61. The van der Waals surface area contributed by atoms with E-state index in [-0.39, 0.29) is 6.10 Å². The first-order chi connectivity index (χ1) is 8.83. The van der Waals surface area contributed by atoms with Crippen LogP contribution in [0, 0.1) is 5.92 Å². The molecule has 18 heavy (non-hydrogen) atoms. The van der Waals surface area contributed by atoms with Crippen molar-refractivity contribution >= 4 is 0 Å². The summed E-state index contributed by atoms with van der Waals surface area (Å²) in [5.74, 6) is 1.54. The highest BCUT2D eigenvalue weighted by Crippen LogP contribution is 2.42. The highest BCUT2D eigenvalue weighted by molar-refractivity contribution is 5.29. The Morgan fingerprint density at radius 2 is 2.22 bits per heavy atom. The van der Waals surface area contributed by atoms with Crippen LogP contribution in [0.3, 0.4) is 0 Å². The van der Waals surface area contributed by atoms with Crippen LogP contribution in [0.1, 0.15) is 48.6 Å². The predicted molar refractivity (Wildman–Crippen MR) is 69.3 cm³/mol. The van der Waals surface area contributed by atoms with Crippen molar-refractivity contribution in [2.45, 2.75) is 45.3 Å². The molecule has 4 heteroatoms. The number of nitrogens with zero attached hydrogens (tertiary/aromatic N) is 2. The number of hydrogen-bond donors (Lipinski definition) is 1. The molecular formula is C14H21N3O. The molecule has 1 N–H and O–H groups in total. The average Bonchev–Trinajstić information content (AvgIpc) is 3.23. The molecule has 1 aromatic rings. The number of nitrogens with one attached hydrogen (secondary N) is 1. The van der Waals surface area contributed by atoms with Gasteiger partial charge in [0.15, 0.2) is 5.82 Å². The van der Waals surface area contributed by atoms with Crippen LogP contribution in [-0.2, 0) is 24.1 Å². The minimum Gasteiger partial charge on any atom is -0.373 e. The Bertz CT molecular complexity index is 426. The fourth-order valence-corrected chi connectivity index (χ4v) is 2.79. The standard InChI is InChI=1S/C14H21N3O/c1-3-11-10-6-7-15-8-12(10)17-14(16-11)13(18-2)9-4-5-9/h9,13,15H,3-8H2,1-2H3. The van der Waals surface area contributed by atoms with Crippen LogP contribution in [-0.4, -0.2) is 23.6 Å². The Morgan fingerprint density at radius 1 is 1.39 bits per heavy atom. The zero-order chi connectivity index (χ0) is 12.5. The van der Waals surface area contributed by atoms with Gasteiger partial charge < -0.3 is 10.1 Å². The van der Waals surface area contributed by atoms with E-state index < -0.39 is 0 Å². The van der Waals surface area contributed by atoms with Gasteiger partial charge in [0.05, 0.1) is 5.69 Å². The van der Waals surface area contributed by atoms with Crippen LogP contribution in [0.2, 0.25) is 0 Å². The fourth-order valence-electron chi connectivity index (χ4n) is 2.79. The second kappa shape index (κ2) is 4.94. The molecule has 98 valence electrons. The predicted octanol–water partition coefficient (Wildman–Crippen LogP) is 1.78. The van der Waals surface area contributed by atoms with Crippen LogP contribution < -0.4 is 5.32 Å². The average molecular weight is 247 g/mol. The van der Waals surface area contributed by atoms with Crippen LogP contribution in [0.5, 0.6) is 0 Å². The maximum atomic E-state index is 5.61. The van der Waals surface area contributed by atoms with E-state index in [9.17, 15) is 0 Å². The molecule has 0 saturated heterocycles. The molecule has 2 heterocycles. The van der Waals surface area contributed by atoms with Gasteiger partial charge in [-0.25, -0.2) is 9.97 Å². The molecule has 1 aliphatic heterocycles. The van der Waals surface area contributed by atoms with Gasteiger partial charge in [-0.3, -0.25) is 0 Å². The van der Waals surface area contributed by atoms with Gasteiger partial charge in [0.25, 0.3) is 0 Å². The van der Waals surface area contributed by atoms with Crippen molar-refractivity contribution < 1.29 is 4.74 Å². The number of methoxy groups -OCH3 is 1. The van der Waals surface area contributed by atoms with Crippen molar-refractivity contribution in [2.75, 3.05) is 13.7 Å². The molecule has 2 aliphatic rings. The van der Waals surface area contributed by atoms with Crippen molar-refractivity contribution in [3.05, 3.63) is 22.8 Å². The molecule has 3 rings (SSSR count). The molecule has 1 fully saturated rings. The monoisotopic (exact) mass is 247 g/mol. The summed E-state index contributed by atoms with van der Waals surface area (Å²) in [6, 6.07) is 0. The fraction of sp³-hybridized carbons (Fsp3) is 0.714. The summed E-state index contributed by atoms with van der Waals surface area (Å²) in [6.07, 6.45) is 4.64. The number of aromatic nitrogens is 2. The molecule has 1 aromatic heterocycles. The molecule has 1 unspecified atom stereocenters. The smallest absolute Gasteiger partial charge is 0.157 e. The Balaban J connectivity index is 1.99. The number of ether oxygens (including phenoxy) is 1. The van der Waals surface area contributed by atoms with Crippen LogP contribution in [0.4, 0.5) is 0 Å². The van der Waals surface area contributed by atoms with Gasteiger partial charge >= 0.3 is 0 Å². The largest absolute Gasteiger partial charge is 0.373 e.